The van der Waals surface area contributed by atoms with Gasteiger partial charge in [0.25, 0.3) is 11.8 Å². The lowest BCUT2D eigenvalue weighted by atomic mass is 10.1. The van der Waals surface area contributed by atoms with Crippen LogP contribution in [0.5, 0.6) is 5.75 Å². The molecule has 0 saturated carbocycles. The van der Waals surface area contributed by atoms with Gasteiger partial charge in [-0.25, -0.2) is 9.67 Å². The summed E-state index contributed by atoms with van der Waals surface area (Å²) in [5.41, 5.74) is 8.05. The summed E-state index contributed by atoms with van der Waals surface area (Å²) in [6.07, 6.45) is 3.69. The number of aromatic nitrogens is 3. The molecule has 2 heterocycles. The van der Waals surface area contributed by atoms with Crippen LogP contribution in [0.25, 0.3) is 5.82 Å². The van der Waals surface area contributed by atoms with Crippen molar-refractivity contribution in [3.63, 3.8) is 0 Å². The van der Waals surface area contributed by atoms with E-state index in [1.165, 1.54) is 6.20 Å². The number of carbonyl (C=O) groups excluding carboxylic acids is 2. The van der Waals surface area contributed by atoms with Gasteiger partial charge in [0.15, 0.2) is 12.4 Å². The largest absolute Gasteiger partial charge is 0.484 e. The van der Waals surface area contributed by atoms with Crippen LogP contribution in [0.1, 0.15) is 34.1 Å². The first-order valence-electron chi connectivity index (χ1n) is 9.27. The van der Waals surface area contributed by atoms with Gasteiger partial charge < -0.3 is 4.74 Å². The molecule has 0 unspecified atom stereocenters. The molecule has 2 aromatic heterocycles. The first-order chi connectivity index (χ1) is 14.0. The summed E-state index contributed by atoms with van der Waals surface area (Å²) >= 11 is 0. The molecule has 0 radical (unpaired) electrons. The van der Waals surface area contributed by atoms with Gasteiger partial charge >= 0.3 is 0 Å². The minimum Gasteiger partial charge on any atom is -0.484 e. The molecular weight excluding hydrogens is 370 g/mol. The van der Waals surface area contributed by atoms with Crippen molar-refractivity contribution in [2.45, 2.75) is 27.2 Å². The van der Waals surface area contributed by atoms with E-state index in [2.05, 4.69) is 20.9 Å². The molecule has 3 rings (SSSR count). The highest BCUT2D eigenvalue weighted by Crippen LogP contribution is 2.16. The van der Waals surface area contributed by atoms with Crippen LogP contribution in [0.3, 0.4) is 0 Å². The minimum absolute atomic E-state index is 0.212. The van der Waals surface area contributed by atoms with Gasteiger partial charge in [0.05, 0.1) is 17.5 Å². The molecule has 3 aromatic rings. The van der Waals surface area contributed by atoms with Gasteiger partial charge in [0, 0.05) is 6.20 Å². The van der Waals surface area contributed by atoms with Crippen molar-refractivity contribution >= 4 is 11.8 Å². The predicted molar refractivity (Wildman–Crippen MR) is 108 cm³/mol. The fraction of sp³-hybridized carbons (Fsp3) is 0.238. The normalized spacial score (nSPS) is 10.4. The Hall–Kier alpha value is -3.68. The number of amides is 2. The lowest BCUT2D eigenvalue weighted by Crippen LogP contribution is -2.44. The van der Waals surface area contributed by atoms with Crippen LogP contribution in [0.15, 0.2) is 48.8 Å². The number of ether oxygens (including phenoxy) is 1. The van der Waals surface area contributed by atoms with E-state index in [-0.39, 0.29) is 6.61 Å². The van der Waals surface area contributed by atoms with Crippen molar-refractivity contribution < 1.29 is 14.3 Å². The second-order valence-corrected chi connectivity index (χ2v) is 6.50. The van der Waals surface area contributed by atoms with E-state index < -0.39 is 11.8 Å². The summed E-state index contributed by atoms with van der Waals surface area (Å²) in [6, 6.07) is 11.0. The third-order valence-corrected chi connectivity index (χ3v) is 4.48. The van der Waals surface area contributed by atoms with Gasteiger partial charge in [-0.1, -0.05) is 19.1 Å². The molecule has 0 aliphatic rings. The smallest absolute Gasteiger partial charge is 0.276 e. The highest BCUT2D eigenvalue weighted by Gasteiger charge is 2.18. The number of nitrogens with one attached hydrogen (secondary N) is 2. The van der Waals surface area contributed by atoms with E-state index in [1.807, 2.05) is 45.0 Å². The number of rotatable bonds is 6. The molecule has 2 amide bonds. The van der Waals surface area contributed by atoms with Crippen LogP contribution in [-0.4, -0.2) is 33.2 Å². The van der Waals surface area contributed by atoms with Gasteiger partial charge in [0.2, 0.25) is 0 Å². The molecule has 8 heteroatoms. The Balaban J connectivity index is 1.58. The van der Waals surface area contributed by atoms with Crippen molar-refractivity contribution in [3.05, 3.63) is 71.2 Å². The second-order valence-electron chi connectivity index (χ2n) is 6.50. The molecule has 0 spiro atoms. The zero-order chi connectivity index (χ0) is 20.8. The molecule has 0 aliphatic carbocycles. The number of carbonyl (C=O) groups is 2. The SMILES string of the molecule is CCc1c(C(=O)NNC(=O)COc2ccc(C)c(C)c2)cnn1-c1ccccn1. The molecule has 0 fully saturated rings. The number of nitrogens with zero attached hydrogens (tertiary/aromatic N) is 3. The molecule has 29 heavy (non-hydrogen) atoms. The molecule has 0 aliphatic heterocycles. The van der Waals surface area contributed by atoms with Gasteiger partial charge in [-0.05, 0) is 55.7 Å². The zero-order valence-electron chi connectivity index (χ0n) is 16.6. The molecule has 0 atom stereocenters. The summed E-state index contributed by atoms with van der Waals surface area (Å²) in [5.74, 6) is 0.295. The third-order valence-electron chi connectivity index (χ3n) is 4.48. The van der Waals surface area contributed by atoms with Gasteiger partial charge in [-0.15, -0.1) is 0 Å². The Bertz CT molecular complexity index is 1010. The van der Waals surface area contributed by atoms with Crippen LogP contribution in [0.2, 0.25) is 0 Å². The van der Waals surface area contributed by atoms with Crippen molar-refractivity contribution in [1.29, 1.82) is 0 Å². The fourth-order valence-electron chi connectivity index (χ4n) is 2.76. The third kappa shape index (κ3) is 4.78. The van der Waals surface area contributed by atoms with Crippen molar-refractivity contribution in [2.75, 3.05) is 6.61 Å². The maximum Gasteiger partial charge on any atom is 0.276 e. The average Bonchev–Trinajstić information content (AvgIpc) is 3.17. The maximum absolute atomic E-state index is 12.5. The van der Waals surface area contributed by atoms with E-state index in [0.29, 0.717) is 29.2 Å². The number of benzene rings is 1. The van der Waals surface area contributed by atoms with Crippen molar-refractivity contribution in [1.82, 2.24) is 25.6 Å². The van der Waals surface area contributed by atoms with E-state index in [9.17, 15) is 9.59 Å². The first kappa shape index (κ1) is 20.1. The first-order valence-corrected chi connectivity index (χ1v) is 9.27. The van der Waals surface area contributed by atoms with Gasteiger partial charge in [-0.3, -0.25) is 20.4 Å². The van der Waals surface area contributed by atoms with Crippen molar-refractivity contribution in [2.24, 2.45) is 0 Å². The molecule has 2 N–H and O–H groups in total. The quantitative estimate of drug-likeness (QED) is 0.626. The van der Waals surface area contributed by atoms with Crippen LogP contribution >= 0.6 is 0 Å². The molecule has 1 aromatic carbocycles. The topological polar surface area (TPSA) is 98.1 Å². The number of aryl methyl sites for hydroxylation is 2. The summed E-state index contributed by atoms with van der Waals surface area (Å²) in [7, 11) is 0. The highest BCUT2D eigenvalue weighted by molar-refractivity contribution is 5.96. The number of hydrazine groups is 1. The molecule has 8 nitrogen and oxygen atoms in total. The Morgan fingerprint density at radius 1 is 1.10 bits per heavy atom. The molecule has 0 bridgehead atoms. The van der Waals surface area contributed by atoms with Gasteiger partial charge in [-0.2, -0.15) is 5.10 Å². The molecular formula is C21H23N5O3. The Morgan fingerprint density at radius 2 is 1.93 bits per heavy atom. The molecule has 0 saturated heterocycles. The summed E-state index contributed by atoms with van der Waals surface area (Å²) in [4.78, 5) is 28.7. The second kappa shape index (κ2) is 9.01. The van der Waals surface area contributed by atoms with Crippen LogP contribution < -0.4 is 15.6 Å². The number of hydrogen-bond donors (Lipinski definition) is 2. The van der Waals surface area contributed by atoms with Crippen LogP contribution in [0, 0.1) is 13.8 Å². The number of hydrogen-bond acceptors (Lipinski definition) is 5. The average molecular weight is 393 g/mol. The lowest BCUT2D eigenvalue weighted by molar-refractivity contribution is -0.123. The Labute approximate surface area is 168 Å². The lowest BCUT2D eigenvalue weighted by Gasteiger charge is -2.10. The monoisotopic (exact) mass is 393 g/mol. The zero-order valence-corrected chi connectivity index (χ0v) is 16.6. The van der Waals surface area contributed by atoms with Crippen molar-refractivity contribution in [3.8, 4) is 11.6 Å². The number of pyridine rings is 1. The fourth-order valence-corrected chi connectivity index (χ4v) is 2.76. The Kier molecular flexibility index (Phi) is 6.23. The van der Waals surface area contributed by atoms with E-state index in [4.69, 9.17) is 4.74 Å². The summed E-state index contributed by atoms with van der Waals surface area (Å²) in [5, 5.41) is 4.25. The summed E-state index contributed by atoms with van der Waals surface area (Å²) < 4.78 is 7.07. The van der Waals surface area contributed by atoms with E-state index in [1.54, 1.807) is 23.0 Å². The van der Waals surface area contributed by atoms with E-state index >= 15 is 0 Å². The molecule has 150 valence electrons. The summed E-state index contributed by atoms with van der Waals surface area (Å²) in [6.45, 7) is 5.68. The minimum atomic E-state index is -0.466. The van der Waals surface area contributed by atoms with Crippen LogP contribution in [0.4, 0.5) is 0 Å². The standard InChI is InChI=1S/C21H23N5O3/c1-4-18-17(12-23-26(18)19-7-5-6-10-22-19)21(28)25-24-20(27)13-29-16-9-8-14(2)15(3)11-16/h5-12H,4,13H2,1-3H3,(H,24,27)(H,25,28). The van der Waals surface area contributed by atoms with Gasteiger partial charge in [0.1, 0.15) is 5.75 Å². The Morgan fingerprint density at radius 3 is 2.62 bits per heavy atom. The van der Waals surface area contributed by atoms with E-state index in [0.717, 1.165) is 11.1 Å². The predicted octanol–water partition coefficient (Wildman–Crippen LogP) is 2.29. The van der Waals surface area contributed by atoms with Crippen LogP contribution in [-0.2, 0) is 11.2 Å². The maximum atomic E-state index is 12.5. The highest BCUT2D eigenvalue weighted by atomic mass is 16.5.